The van der Waals surface area contributed by atoms with E-state index in [9.17, 15) is 19.6 Å². The van der Waals surface area contributed by atoms with Gasteiger partial charge in [-0.25, -0.2) is 0 Å². The van der Waals surface area contributed by atoms with Gasteiger partial charge < -0.3 is 15.7 Å². The Morgan fingerprint density at radius 2 is 1.79 bits per heavy atom. The molecule has 2 aromatic carbocycles. The van der Waals surface area contributed by atoms with Crippen LogP contribution in [0, 0.1) is 34.5 Å². The van der Waals surface area contributed by atoms with Crippen molar-refractivity contribution in [2.24, 2.45) is 33.6 Å². The van der Waals surface area contributed by atoms with Crippen LogP contribution in [0.2, 0.25) is 0 Å². The first-order valence-electron chi connectivity index (χ1n) is 14.9. The molecule has 5 rings (SSSR count). The van der Waals surface area contributed by atoms with E-state index in [1.807, 2.05) is 82.3 Å². The number of aryl methyl sites for hydroxylation is 1. The number of rotatable bonds is 6. The number of carbonyl (C=O) groups excluding carboxylic acids is 2. The van der Waals surface area contributed by atoms with Crippen molar-refractivity contribution < 1.29 is 14.7 Å². The summed E-state index contributed by atoms with van der Waals surface area (Å²) in [6.07, 6.45) is 5.38. The number of fused-ring (bicyclic) bond motifs is 3. The fourth-order valence-corrected chi connectivity index (χ4v) is 8.15. The van der Waals surface area contributed by atoms with E-state index in [1.54, 1.807) is 6.92 Å². The van der Waals surface area contributed by atoms with E-state index < -0.39 is 16.6 Å². The molecule has 0 saturated heterocycles. The van der Waals surface area contributed by atoms with Crippen LogP contribution >= 0.6 is 0 Å². The Balaban J connectivity index is 1.74. The molecular formula is C36H41N3O4. The summed E-state index contributed by atoms with van der Waals surface area (Å²) in [7, 11) is 3.83. The maximum atomic E-state index is 14.7. The Morgan fingerprint density at radius 1 is 1.14 bits per heavy atom. The van der Waals surface area contributed by atoms with Crippen LogP contribution in [0.25, 0.3) is 17.9 Å². The molecule has 43 heavy (non-hydrogen) atoms. The molecule has 7 nitrogen and oxygen atoms in total. The van der Waals surface area contributed by atoms with Crippen molar-refractivity contribution in [1.29, 1.82) is 0 Å². The predicted molar refractivity (Wildman–Crippen MR) is 174 cm³/mol. The molecule has 0 heterocycles. The Bertz CT molecular complexity index is 1680. The number of aliphatic hydroxyl groups is 1. The summed E-state index contributed by atoms with van der Waals surface area (Å²) < 4.78 is 0. The second kappa shape index (κ2) is 10.5. The van der Waals surface area contributed by atoms with Gasteiger partial charge in [-0.15, -0.1) is 4.91 Å². The minimum absolute atomic E-state index is 0.0747. The number of carbonyl (C=O) groups is 2. The first-order valence-corrected chi connectivity index (χ1v) is 14.9. The summed E-state index contributed by atoms with van der Waals surface area (Å²) in [6, 6.07) is 9.90. The molecule has 1 saturated carbocycles. The maximum Gasteiger partial charge on any atom is 0.179 e. The lowest BCUT2D eigenvalue weighted by Crippen LogP contribution is -2.62. The van der Waals surface area contributed by atoms with Gasteiger partial charge in [-0.1, -0.05) is 68.0 Å². The van der Waals surface area contributed by atoms with Crippen LogP contribution in [0.3, 0.4) is 0 Å². The third kappa shape index (κ3) is 4.23. The standard InChI is InChI=1S/C36H41N3O4/c1-9-26-20(3)28(21(4)37)33(41)36(6)34(42)29-24(18-35(26,36)5)16-25-27(39(7)8)17-23(31(38-43)30(25)32(29)40)15-14-22-12-10-19(2)11-13-22/h10-15,17,24,26,40H,4,9,16,18,37H2,1-3,5-8H3/b15-14+/t24-,26+,35-,36-/m0/s1. The van der Waals surface area contributed by atoms with E-state index in [0.29, 0.717) is 24.0 Å². The molecule has 0 amide bonds. The minimum Gasteiger partial charge on any atom is -0.507 e. The van der Waals surface area contributed by atoms with Crippen LogP contribution in [0.1, 0.15) is 68.4 Å². The van der Waals surface area contributed by atoms with Gasteiger partial charge >= 0.3 is 0 Å². The van der Waals surface area contributed by atoms with E-state index in [4.69, 9.17) is 5.73 Å². The number of nitrogens with two attached hydrogens (primary N) is 1. The van der Waals surface area contributed by atoms with Gasteiger partial charge in [-0.2, -0.15) is 0 Å². The van der Waals surface area contributed by atoms with Crippen LogP contribution in [0.4, 0.5) is 11.4 Å². The quantitative estimate of drug-likeness (QED) is 0.209. The van der Waals surface area contributed by atoms with Crippen molar-refractivity contribution in [1.82, 2.24) is 0 Å². The fourth-order valence-electron chi connectivity index (χ4n) is 8.15. The molecule has 0 unspecified atom stereocenters. The summed E-state index contributed by atoms with van der Waals surface area (Å²) in [5.41, 5.74) is 10.1. The number of nitroso groups, excluding NO2 is 1. The van der Waals surface area contributed by atoms with E-state index in [0.717, 1.165) is 34.4 Å². The van der Waals surface area contributed by atoms with Gasteiger partial charge in [0.15, 0.2) is 11.6 Å². The topological polar surface area (TPSA) is 113 Å². The lowest BCUT2D eigenvalue weighted by molar-refractivity contribution is -0.153. The lowest BCUT2D eigenvalue weighted by atomic mass is 9.42. The number of aliphatic hydroxyl groups excluding tert-OH is 1. The number of hydrogen-bond donors (Lipinski definition) is 2. The van der Waals surface area contributed by atoms with E-state index in [2.05, 4.69) is 18.7 Å². The lowest BCUT2D eigenvalue weighted by Gasteiger charge is -2.58. The van der Waals surface area contributed by atoms with Crippen molar-refractivity contribution in [2.75, 3.05) is 19.0 Å². The zero-order valence-electron chi connectivity index (χ0n) is 26.2. The number of anilines is 1. The molecule has 4 atom stereocenters. The monoisotopic (exact) mass is 579 g/mol. The molecule has 224 valence electrons. The Kier molecular flexibility index (Phi) is 7.36. The highest BCUT2D eigenvalue weighted by molar-refractivity contribution is 6.24. The average Bonchev–Trinajstić information content (AvgIpc) is 2.94. The summed E-state index contributed by atoms with van der Waals surface area (Å²) in [5, 5.41) is 15.4. The third-order valence-electron chi connectivity index (χ3n) is 10.5. The molecule has 0 aliphatic heterocycles. The average molecular weight is 580 g/mol. The third-order valence-corrected chi connectivity index (χ3v) is 10.5. The van der Waals surface area contributed by atoms with Crippen LogP contribution < -0.4 is 10.6 Å². The normalized spacial score (nSPS) is 26.8. The minimum atomic E-state index is -1.45. The predicted octanol–water partition coefficient (Wildman–Crippen LogP) is 7.45. The smallest absolute Gasteiger partial charge is 0.179 e. The van der Waals surface area contributed by atoms with E-state index >= 15 is 0 Å². The zero-order chi connectivity index (χ0) is 31.6. The maximum absolute atomic E-state index is 14.7. The molecule has 3 N–H and O–H groups in total. The number of allylic oxidation sites excluding steroid dienone is 3. The number of ketones is 2. The van der Waals surface area contributed by atoms with Crippen molar-refractivity contribution in [3.63, 3.8) is 0 Å². The second-order valence-corrected chi connectivity index (χ2v) is 13.0. The van der Waals surface area contributed by atoms with E-state index in [-0.39, 0.29) is 45.9 Å². The highest BCUT2D eigenvalue weighted by Crippen LogP contribution is 2.64. The summed E-state index contributed by atoms with van der Waals surface area (Å²) in [5.74, 6) is -1.43. The van der Waals surface area contributed by atoms with Crippen molar-refractivity contribution in [3.05, 3.63) is 92.1 Å². The second-order valence-electron chi connectivity index (χ2n) is 13.0. The molecule has 1 fully saturated rings. The zero-order valence-corrected chi connectivity index (χ0v) is 26.2. The molecule has 0 radical (unpaired) electrons. The Labute approximate surface area is 253 Å². The number of Topliss-reactive ketones (excluding diaryl/α,β-unsaturated/α-hetero) is 2. The van der Waals surface area contributed by atoms with Crippen LogP contribution in [-0.2, 0) is 16.0 Å². The van der Waals surface area contributed by atoms with Gasteiger partial charge in [0.25, 0.3) is 0 Å². The SMILES string of the molecule is C=C(N)C1=C(C)[C@@H](CC)[C@]2(C)C[C@@H]3Cc4c(N(C)C)cc(/C=C/c5ccc(C)cc5)c(N=O)c4C(O)=C3C(=O)[C@]2(C)C1=O. The van der Waals surface area contributed by atoms with Gasteiger partial charge in [-0.05, 0) is 79.7 Å². The van der Waals surface area contributed by atoms with Crippen molar-refractivity contribution in [2.45, 2.75) is 53.9 Å². The Hall–Kier alpha value is -4.26. The highest BCUT2D eigenvalue weighted by atomic mass is 16.3. The largest absolute Gasteiger partial charge is 0.507 e. The highest BCUT2D eigenvalue weighted by Gasteiger charge is 2.66. The van der Waals surface area contributed by atoms with Gasteiger partial charge in [0.2, 0.25) is 0 Å². The first kappa shape index (κ1) is 30.2. The molecule has 2 aromatic rings. The fraction of sp³-hybridized carbons (Fsp3) is 0.389. The van der Waals surface area contributed by atoms with Gasteiger partial charge in [0.1, 0.15) is 11.4 Å². The van der Waals surface area contributed by atoms with Gasteiger partial charge in [0, 0.05) is 42.2 Å². The molecule has 0 spiro atoms. The molecule has 0 aromatic heterocycles. The molecule has 7 heteroatoms. The molecule has 0 bridgehead atoms. The van der Waals surface area contributed by atoms with Gasteiger partial charge in [0.05, 0.1) is 11.0 Å². The van der Waals surface area contributed by atoms with Gasteiger partial charge in [-0.3, -0.25) is 9.59 Å². The number of nitrogens with zero attached hydrogens (tertiary/aromatic N) is 2. The molecule has 3 aliphatic carbocycles. The van der Waals surface area contributed by atoms with Crippen molar-refractivity contribution in [3.8, 4) is 0 Å². The first-order chi connectivity index (χ1) is 20.2. The summed E-state index contributed by atoms with van der Waals surface area (Å²) in [6.45, 7) is 13.6. The van der Waals surface area contributed by atoms with E-state index in [1.165, 1.54) is 0 Å². The summed E-state index contributed by atoms with van der Waals surface area (Å²) >= 11 is 0. The summed E-state index contributed by atoms with van der Waals surface area (Å²) in [4.78, 5) is 43.3. The van der Waals surface area contributed by atoms with Crippen LogP contribution in [0.5, 0.6) is 0 Å². The molecular weight excluding hydrogens is 538 g/mol. The number of benzene rings is 2. The Morgan fingerprint density at radius 3 is 2.35 bits per heavy atom. The molecule has 3 aliphatic rings. The van der Waals surface area contributed by atoms with Crippen molar-refractivity contribution >= 4 is 40.9 Å². The van der Waals surface area contributed by atoms with Crippen LogP contribution in [-0.4, -0.2) is 30.8 Å². The van der Waals surface area contributed by atoms with Crippen LogP contribution in [0.15, 0.2) is 64.5 Å². The number of hydrogen-bond acceptors (Lipinski definition) is 7.